The average molecular weight is 249 g/mol. The number of nitrogen functional groups attached to an aromatic ring is 2. The molecule has 0 aliphatic carbocycles. The second-order valence-electron chi connectivity index (χ2n) is 3.41. The summed E-state index contributed by atoms with van der Waals surface area (Å²) >= 11 is 0. The maximum atomic E-state index is 11.0. The van der Waals surface area contributed by atoms with Gasteiger partial charge in [0.25, 0.3) is 5.91 Å². The number of azo groups is 1. The Kier molecular flexibility index (Phi) is 2.67. The molecule has 2 aromatic rings. The first-order chi connectivity index (χ1) is 8.50. The molecule has 94 valence electrons. The molecule has 18 heavy (non-hydrogen) atoms. The number of rotatable bonds is 3. The Morgan fingerprint density at radius 2 is 2.17 bits per heavy atom. The van der Waals surface area contributed by atoms with Crippen molar-refractivity contribution in [2.24, 2.45) is 23.0 Å². The molecule has 10 nitrogen and oxygen atoms in total. The predicted molar refractivity (Wildman–Crippen MR) is 63.3 cm³/mol. The van der Waals surface area contributed by atoms with Gasteiger partial charge in [0.05, 0.1) is 6.33 Å². The van der Waals surface area contributed by atoms with Crippen molar-refractivity contribution in [3.63, 3.8) is 0 Å². The Morgan fingerprint density at radius 1 is 1.44 bits per heavy atom. The van der Waals surface area contributed by atoms with E-state index in [1.54, 1.807) is 7.05 Å². The maximum absolute atomic E-state index is 11.0. The van der Waals surface area contributed by atoms with Crippen LogP contribution in [0.25, 0.3) is 0 Å². The highest BCUT2D eigenvalue weighted by atomic mass is 16.1. The SMILES string of the molecule is Cn1nc(N)c(N=Nc2nc[nH]c2C(N)=O)c1N. The number of aromatic amines is 1. The highest BCUT2D eigenvalue weighted by molar-refractivity contribution is 5.94. The third-order valence-corrected chi connectivity index (χ3v) is 2.20. The lowest BCUT2D eigenvalue weighted by Gasteiger charge is -1.93. The molecule has 0 aromatic carbocycles. The van der Waals surface area contributed by atoms with E-state index < -0.39 is 5.91 Å². The first-order valence-corrected chi connectivity index (χ1v) is 4.83. The zero-order valence-electron chi connectivity index (χ0n) is 9.45. The highest BCUT2D eigenvalue weighted by Gasteiger charge is 2.13. The molecule has 0 fully saturated rings. The third kappa shape index (κ3) is 1.86. The van der Waals surface area contributed by atoms with Gasteiger partial charge in [-0.15, -0.1) is 10.2 Å². The number of aryl methyl sites for hydroxylation is 1. The van der Waals surface area contributed by atoms with Crippen LogP contribution < -0.4 is 17.2 Å². The van der Waals surface area contributed by atoms with Crippen LogP contribution in [0.15, 0.2) is 16.6 Å². The van der Waals surface area contributed by atoms with E-state index in [1.807, 2.05) is 0 Å². The number of carbonyl (C=O) groups is 1. The second-order valence-corrected chi connectivity index (χ2v) is 3.41. The summed E-state index contributed by atoms with van der Waals surface area (Å²) in [6, 6.07) is 0. The van der Waals surface area contributed by atoms with Gasteiger partial charge in [-0.1, -0.05) is 0 Å². The zero-order chi connectivity index (χ0) is 13.3. The standard InChI is InChI=1S/C8H11N9O/c1-17-6(10)3(5(9)16-17)14-15-8-4(7(11)18)12-2-13-8/h2H,10H2,1H3,(H2,9,16)(H2,11,18)(H,12,13). The van der Waals surface area contributed by atoms with Crippen molar-refractivity contribution in [2.45, 2.75) is 0 Å². The van der Waals surface area contributed by atoms with Gasteiger partial charge in [-0.3, -0.25) is 4.79 Å². The fraction of sp³-hybridized carbons (Fsp3) is 0.125. The van der Waals surface area contributed by atoms with Gasteiger partial charge >= 0.3 is 0 Å². The minimum absolute atomic E-state index is 0.0554. The number of nitrogens with zero attached hydrogens (tertiary/aromatic N) is 5. The molecule has 0 aliphatic heterocycles. The minimum atomic E-state index is -0.686. The number of anilines is 2. The van der Waals surface area contributed by atoms with E-state index in [1.165, 1.54) is 11.0 Å². The summed E-state index contributed by atoms with van der Waals surface area (Å²) in [6.45, 7) is 0. The van der Waals surface area contributed by atoms with Crippen LogP contribution in [-0.4, -0.2) is 25.7 Å². The van der Waals surface area contributed by atoms with Crippen LogP contribution in [0.4, 0.5) is 23.1 Å². The van der Waals surface area contributed by atoms with Gasteiger partial charge in [-0.05, 0) is 0 Å². The molecule has 0 bridgehead atoms. The first-order valence-electron chi connectivity index (χ1n) is 4.83. The van der Waals surface area contributed by atoms with Gasteiger partial charge in [-0.2, -0.15) is 5.10 Å². The van der Waals surface area contributed by atoms with Gasteiger partial charge < -0.3 is 22.2 Å². The molecule has 2 heterocycles. The van der Waals surface area contributed by atoms with Gasteiger partial charge in [-0.25, -0.2) is 9.67 Å². The molecule has 10 heteroatoms. The molecule has 0 saturated heterocycles. The molecule has 0 unspecified atom stereocenters. The number of hydrogen-bond acceptors (Lipinski definition) is 7. The van der Waals surface area contributed by atoms with E-state index in [0.717, 1.165) is 0 Å². The Labute approximate surface area is 101 Å². The molecule has 0 saturated carbocycles. The van der Waals surface area contributed by atoms with E-state index in [-0.39, 0.29) is 28.8 Å². The number of nitrogens with two attached hydrogens (primary N) is 3. The van der Waals surface area contributed by atoms with Crippen LogP contribution in [0.1, 0.15) is 10.5 Å². The van der Waals surface area contributed by atoms with Crippen LogP contribution in [-0.2, 0) is 7.05 Å². The summed E-state index contributed by atoms with van der Waals surface area (Å²) in [5.74, 6) is -0.235. The smallest absolute Gasteiger partial charge is 0.269 e. The van der Waals surface area contributed by atoms with E-state index in [0.29, 0.717) is 0 Å². The number of imidazole rings is 1. The fourth-order valence-corrected chi connectivity index (χ4v) is 1.29. The van der Waals surface area contributed by atoms with Crippen LogP contribution >= 0.6 is 0 Å². The largest absolute Gasteiger partial charge is 0.382 e. The summed E-state index contributed by atoms with van der Waals surface area (Å²) < 4.78 is 1.36. The van der Waals surface area contributed by atoms with Crippen molar-refractivity contribution < 1.29 is 4.79 Å². The van der Waals surface area contributed by atoms with Crippen molar-refractivity contribution in [1.82, 2.24) is 19.7 Å². The number of carbonyl (C=O) groups excluding carboxylic acids is 1. The summed E-state index contributed by atoms with van der Waals surface area (Å²) in [4.78, 5) is 17.4. The zero-order valence-corrected chi connectivity index (χ0v) is 9.45. The Hall–Kier alpha value is -2.91. The monoisotopic (exact) mass is 249 g/mol. The molecule has 0 aliphatic rings. The predicted octanol–water partition coefficient (Wildman–Crippen LogP) is -0.178. The number of hydrogen-bond donors (Lipinski definition) is 4. The normalized spacial score (nSPS) is 11.2. The van der Waals surface area contributed by atoms with Gasteiger partial charge in [0.2, 0.25) is 5.82 Å². The molecule has 2 rings (SSSR count). The van der Waals surface area contributed by atoms with Crippen LogP contribution in [0.5, 0.6) is 0 Å². The Morgan fingerprint density at radius 3 is 2.72 bits per heavy atom. The number of H-pyrrole nitrogens is 1. The summed E-state index contributed by atoms with van der Waals surface area (Å²) in [7, 11) is 1.62. The van der Waals surface area contributed by atoms with Crippen molar-refractivity contribution in [3.8, 4) is 0 Å². The molecule has 1 amide bonds. The van der Waals surface area contributed by atoms with Crippen molar-refractivity contribution >= 4 is 29.0 Å². The van der Waals surface area contributed by atoms with E-state index >= 15 is 0 Å². The molecule has 2 aromatic heterocycles. The number of amides is 1. The highest BCUT2D eigenvalue weighted by Crippen LogP contribution is 2.29. The van der Waals surface area contributed by atoms with Crippen LogP contribution in [0, 0.1) is 0 Å². The molecular weight excluding hydrogens is 238 g/mol. The van der Waals surface area contributed by atoms with E-state index in [4.69, 9.17) is 17.2 Å². The first kappa shape index (κ1) is 11.6. The van der Waals surface area contributed by atoms with Crippen molar-refractivity contribution in [1.29, 1.82) is 0 Å². The second kappa shape index (κ2) is 4.16. The molecular formula is C8H11N9O. The van der Waals surface area contributed by atoms with Crippen LogP contribution in [0.3, 0.4) is 0 Å². The Bertz CT molecular complexity index is 623. The number of nitrogens with one attached hydrogen (secondary N) is 1. The number of aromatic nitrogens is 4. The topological polar surface area (TPSA) is 166 Å². The quantitative estimate of drug-likeness (QED) is 0.552. The molecule has 0 atom stereocenters. The Balaban J connectivity index is 2.36. The molecule has 7 N–H and O–H groups in total. The fourth-order valence-electron chi connectivity index (χ4n) is 1.29. The lowest BCUT2D eigenvalue weighted by atomic mass is 10.4. The lowest BCUT2D eigenvalue weighted by molar-refractivity contribution is 0.0996. The minimum Gasteiger partial charge on any atom is -0.382 e. The van der Waals surface area contributed by atoms with Gasteiger partial charge in [0.15, 0.2) is 23.0 Å². The summed E-state index contributed by atoms with van der Waals surface area (Å²) in [5.41, 5.74) is 16.7. The van der Waals surface area contributed by atoms with E-state index in [2.05, 4.69) is 25.3 Å². The summed E-state index contributed by atoms with van der Waals surface area (Å²) in [6.07, 6.45) is 1.28. The van der Waals surface area contributed by atoms with Crippen LogP contribution in [0.2, 0.25) is 0 Å². The molecule has 0 spiro atoms. The van der Waals surface area contributed by atoms with E-state index in [9.17, 15) is 4.79 Å². The van der Waals surface area contributed by atoms with Crippen molar-refractivity contribution in [2.75, 3.05) is 11.5 Å². The number of primary amides is 1. The third-order valence-electron chi connectivity index (χ3n) is 2.20. The van der Waals surface area contributed by atoms with Gasteiger partial charge in [0.1, 0.15) is 0 Å². The average Bonchev–Trinajstić information content (AvgIpc) is 2.84. The lowest BCUT2D eigenvalue weighted by Crippen LogP contribution is -2.11. The van der Waals surface area contributed by atoms with Crippen molar-refractivity contribution in [3.05, 3.63) is 12.0 Å². The summed E-state index contributed by atoms with van der Waals surface area (Å²) in [5, 5.41) is 11.4. The maximum Gasteiger partial charge on any atom is 0.269 e. The molecule has 0 radical (unpaired) electrons. The van der Waals surface area contributed by atoms with Gasteiger partial charge in [0, 0.05) is 7.05 Å².